The van der Waals surface area contributed by atoms with Crippen LogP contribution in [0.3, 0.4) is 0 Å². The molecule has 2 aromatic carbocycles. The van der Waals surface area contributed by atoms with Gasteiger partial charge in [-0.25, -0.2) is 4.79 Å². The highest BCUT2D eigenvalue weighted by molar-refractivity contribution is 5.92. The molecule has 0 aromatic heterocycles. The van der Waals surface area contributed by atoms with Crippen LogP contribution >= 0.6 is 0 Å². The molecule has 0 saturated carbocycles. The molecule has 0 aliphatic heterocycles. The Morgan fingerprint density at radius 2 is 1.88 bits per heavy atom. The van der Waals surface area contributed by atoms with E-state index in [4.69, 9.17) is 4.74 Å². The second-order valence-electron chi connectivity index (χ2n) is 7.00. The number of fused-ring (bicyclic) bond motifs is 1. The third-order valence-corrected chi connectivity index (χ3v) is 5.08. The Morgan fingerprint density at radius 3 is 2.65 bits per heavy atom. The molecule has 0 heterocycles. The van der Waals surface area contributed by atoms with Crippen LogP contribution in [-0.2, 0) is 16.0 Å². The monoisotopic (exact) mass is 351 g/mol. The lowest BCUT2D eigenvalue weighted by atomic mass is 9.87. The van der Waals surface area contributed by atoms with E-state index in [9.17, 15) is 9.59 Å². The van der Waals surface area contributed by atoms with E-state index in [0.717, 1.165) is 30.4 Å². The number of rotatable bonds is 4. The van der Waals surface area contributed by atoms with E-state index < -0.39 is 12.1 Å². The summed E-state index contributed by atoms with van der Waals surface area (Å²) >= 11 is 0. The third kappa shape index (κ3) is 3.96. The summed E-state index contributed by atoms with van der Waals surface area (Å²) in [6, 6.07) is 13.6. The van der Waals surface area contributed by atoms with Crippen molar-refractivity contribution in [3.63, 3.8) is 0 Å². The Bertz CT molecular complexity index is 828. The highest BCUT2D eigenvalue weighted by Crippen LogP contribution is 2.29. The molecule has 0 fully saturated rings. The number of nitrogens with one attached hydrogen (secondary N) is 1. The fourth-order valence-corrected chi connectivity index (χ4v) is 3.34. The number of hydrogen-bond acceptors (Lipinski definition) is 3. The minimum atomic E-state index is -0.835. The SMILES string of the molecule is Cc1ccc(C(=O)O[C@@H](C)C(=O)N[C@@H]2CCCc3ccccc32)cc1C. The maximum atomic E-state index is 12.5. The van der Waals surface area contributed by atoms with Crippen molar-refractivity contribution in [2.24, 2.45) is 0 Å². The average molecular weight is 351 g/mol. The van der Waals surface area contributed by atoms with Gasteiger partial charge in [0, 0.05) is 0 Å². The Morgan fingerprint density at radius 1 is 1.12 bits per heavy atom. The van der Waals surface area contributed by atoms with Gasteiger partial charge in [0.1, 0.15) is 0 Å². The van der Waals surface area contributed by atoms with E-state index in [2.05, 4.69) is 17.4 Å². The molecule has 1 aliphatic carbocycles. The summed E-state index contributed by atoms with van der Waals surface area (Å²) in [6.45, 7) is 5.55. The Kier molecular flexibility index (Phi) is 5.40. The number of carbonyl (C=O) groups excluding carboxylic acids is 2. The third-order valence-electron chi connectivity index (χ3n) is 5.08. The topological polar surface area (TPSA) is 55.4 Å². The van der Waals surface area contributed by atoms with Crippen LogP contribution in [0, 0.1) is 13.8 Å². The highest BCUT2D eigenvalue weighted by atomic mass is 16.5. The molecule has 0 spiro atoms. The molecular formula is C22H25NO3. The summed E-state index contributed by atoms with van der Waals surface area (Å²) in [5.74, 6) is -0.733. The van der Waals surface area contributed by atoms with Crippen LogP contribution in [0.1, 0.15) is 58.4 Å². The molecule has 0 unspecified atom stereocenters. The van der Waals surface area contributed by atoms with Crippen LogP contribution in [0.4, 0.5) is 0 Å². The summed E-state index contributed by atoms with van der Waals surface area (Å²) in [4.78, 5) is 24.8. The van der Waals surface area contributed by atoms with Crippen molar-refractivity contribution in [2.75, 3.05) is 0 Å². The Hall–Kier alpha value is -2.62. The molecule has 0 saturated heterocycles. The smallest absolute Gasteiger partial charge is 0.338 e. The van der Waals surface area contributed by atoms with E-state index in [1.54, 1.807) is 19.1 Å². The summed E-state index contributed by atoms with van der Waals surface area (Å²) in [5, 5.41) is 3.04. The minimum Gasteiger partial charge on any atom is -0.449 e. The zero-order chi connectivity index (χ0) is 18.7. The van der Waals surface area contributed by atoms with E-state index in [-0.39, 0.29) is 11.9 Å². The minimum absolute atomic E-state index is 0.0183. The number of aryl methyl sites for hydroxylation is 3. The van der Waals surface area contributed by atoms with Gasteiger partial charge >= 0.3 is 5.97 Å². The van der Waals surface area contributed by atoms with E-state index in [1.807, 2.05) is 32.0 Å². The lowest BCUT2D eigenvalue weighted by Crippen LogP contribution is -2.39. The van der Waals surface area contributed by atoms with Gasteiger partial charge in [0.15, 0.2) is 6.10 Å². The predicted molar refractivity (Wildman–Crippen MR) is 101 cm³/mol. The van der Waals surface area contributed by atoms with Crippen molar-refractivity contribution in [3.8, 4) is 0 Å². The zero-order valence-electron chi connectivity index (χ0n) is 15.5. The lowest BCUT2D eigenvalue weighted by Gasteiger charge is -2.27. The molecule has 4 nitrogen and oxygen atoms in total. The van der Waals surface area contributed by atoms with Gasteiger partial charge in [0.25, 0.3) is 5.91 Å². The van der Waals surface area contributed by atoms with Gasteiger partial charge in [-0.05, 0) is 74.4 Å². The fraction of sp³-hybridized carbons (Fsp3) is 0.364. The summed E-state index contributed by atoms with van der Waals surface area (Å²) in [5.41, 5.74) is 5.05. The first kappa shape index (κ1) is 18.2. The number of hydrogen-bond donors (Lipinski definition) is 1. The van der Waals surface area contributed by atoms with Gasteiger partial charge in [0.05, 0.1) is 11.6 Å². The number of amides is 1. The second kappa shape index (κ2) is 7.73. The van der Waals surface area contributed by atoms with Crippen LogP contribution in [0.25, 0.3) is 0 Å². The molecule has 3 rings (SSSR count). The molecule has 136 valence electrons. The zero-order valence-corrected chi connectivity index (χ0v) is 15.5. The molecule has 4 heteroatoms. The summed E-state index contributed by atoms with van der Waals surface area (Å²) < 4.78 is 5.37. The van der Waals surface area contributed by atoms with Crippen molar-refractivity contribution in [1.82, 2.24) is 5.32 Å². The van der Waals surface area contributed by atoms with Crippen molar-refractivity contribution in [3.05, 3.63) is 70.3 Å². The van der Waals surface area contributed by atoms with Crippen LogP contribution in [-0.4, -0.2) is 18.0 Å². The predicted octanol–water partition coefficient (Wildman–Crippen LogP) is 4.04. The van der Waals surface area contributed by atoms with Gasteiger partial charge in [-0.15, -0.1) is 0 Å². The van der Waals surface area contributed by atoms with Crippen LogP contribution in [0.2, 0.25) is 0 Å². The first-order valence-corrected chi connectivity index (χ1v) is 9.12. The van der Waals surface area contributed by atoms with Crippen molar-refractivity contribution < 1.29 is 14.3 Å². The van der Waals surface area contributed by atoms with Crippen molar-refractivity contribution in [2.45, 2.75) is 52.2 Å². The molecule has 26 heavy (non-hydrogen) atoms. The second-order valence-corrected chi connectivity index (χ2v) is 7.00. The molecule has 1 N–H and O–H groups in total. The van der Waals surface area contributed by atoms with Gasteiger partial charge in [-0.3, -0.25) is 4.79 Å². The van der Waals surface area contributed by atoms with Gasteiger partial charge in [0.2, 0.25) is 0 Å². The van der Waals surface area contributed by atoms with Gasteiger partial charge < -0.3 is 10.1 Å². The van der Waals surface area contributed by atoms with E-state index >= 15 is 0 Å². The van der Waals surface area contributed by atoms with Crippen LogP contribution in [0.5, 0.6) is 0 Å². The van der Waals surface area contributed by atoms with Crippen molar-refractivity contribution >= 4 is 11.9 Å². The maximum Gasteiger partial charge on any atom is 0.338 e. The number of esters is 1. The molecule has 0 radical (unpaired) electrons. The molecule has 2 atom stereocenters. The largest absolute Gasteiger partial charge is 0.449 e. The van der Waals surface area contributed by atoms with Crippen LogP contribution < -0.4 is 5.32 Å². The van der Waals surface area contributed by atoms with Gasteiger partial charge in [-0.1, -0.05) is 30.3 Å². The molecule has 0 bridgehead atoms. The molecular weight excluding hydrogens is 326 g/mol. The van der Waals surface area contributed by atoms with E-state index in [1.165, 1.54) is 11.1 Å². The van der Waals surface area contributed by atoms with E-state index in [0.29, 0.717) is 5.56 Å². The van der Waals surface area contributed by atoms with Gasteiger partial charge in [-0.2, -0.15) is 0 Å². The van der Waals surface area contributed by atoms with Crippen molar-refractivity contribution in [1.29, 1.82) is 0 Å². The normalized spacial score (nSPS) is 17.1. The number of benzene rings is 2. The Labute approximate surface area is 154 Å². The first-order valence-electron chi connectivity index (χ1n) is 9.12. The quantitative estimate of drug-likeness (QED) is 0.846. The Balaban J connectivity index is 1.63. The maximum absolute atomic E-state index is 12.5. The molecule has 2 aromatic rings. The summed E-state index contributed by atoms with van der Waals surface area (Å²) in [6.07, 6.45) is 2.15. The number of carbonyl (C=O) groups is 2. The summed E-state index contributed by atoms with van der Waals surface area (Å²) in [7, 11) is 0. The molecule has 1 amide bonds. The average Bonchev–Trinajstić information content (AvgIpc) is 2.64. The fourth-order valence-electron chi connectivity index (χ4n) is 3.34. The number of ether oxygens (including phenoxy) is 1. The highest BCUT2D eigenvalue weighted by Gasteiger charge is 2.25. The van der Waals surface area contributed by atoms with Crippen LogP contribution in [0.15, 0.2) is 42.5 Å². The first-order chi connectivity index (χ1) is 12.5. The standard InChI is InChI=1S/C22H25NO3/c1-14-11-12-18(13-15(14)2)22(25)26-16(3)21(24)23-20-10-6-8-17-7-4-5-9-19(17)20/h4-5,7,9,11-13,16,20H,6,8,10H2,1-3H3,(H,23,24)/t16-,20+/m0/s1. The lowest BCUT2D eigenvalue weighted by molar-refractivity contribution is -0.130. The molecule has 1 aliphatic rings.